The normalized spacial score (nSPS) is 15.5. The maximum absolute atomic E-state index is 9.49. The molecule has 0 saturated heterocycles. The predicted molar refractivity (Wildman–Crippen MR) is 61.0 cm³/mol. The van der Waals surface area contributed by atoms with Gasteiger partial charge < -0.3 is 9.52 Å². The molecule has 2 rings (SSSR count). The van der Waals surface area contributed by atoms with Gasteiger partial charge in [0.15, 0.2) is 0 Å². The maximum atomic E-state index is 9.49. The van der Waals surface area contributed by atoms with Crippen molar-refractivity contribution in [3.63, 3.8) is 0 Å². The van der Waals surface area contributed by atoms with E-state index in [4.69, 9.17) is 4.42 Å². The van der Waals surface area contributed by atoms with Gasteiger partial charge in [0, 0.05) is 11.3 Å². The maximum Gasteiger partial charge on any atom is 0.134 e. The Labute approximate surface area is 89.5 Å². The molecule has 1 aromatic carbocycles. The summed E-state index contributed by atoms with van der Waals surface area (Å²) in [6.45, 7) is 5.81. The second-order valence-electron chi connectivity index (χ2n) is 4.22. The van der Waals surface area contributed by atoms with Gasteiger partial charge >= 0.3 is 0 Å². The summed E-state index contributed by atoms with van der Waals surface area (Å²) in [7, 11) is 0. The van der Waals surface area contributed by atoms with Crippen molar-refractivity contribution in [2.75, 3.05) is 0 Å². The summed E-state index contributed by atoms with van der Waals surface area (Å²) in [5.74, 6) is 0.892. The minimum absolute atomic E-state index is 0.0395. The van der Waals surface area contributed by atoms with Crippen LogP contribution in [0.4, 0.5) is 0 Å². The molecule has 0 saturated carbocycles. The van der Waals surface area contributed by atoms with Crippen LogP contribution in [0.15, 0.2) is 28.7 Å². The number of hydrogen-bond acceptors (Lipinski definition) is 2. The van der Waals surface area contributed by atoms with Crippen molar-refractivity contribution in [3.8, 4) is 0 Å². The molecule has 2 heteroatoms. The third-order valence-corrected chi connectivity index (χ3v) is 2.86. The van der Waals surface area contributed by atoms with Gasteiger partial charge in [-0.1, -0.05) is 18.6 Å². The Morgan fingerprint density at radius 3 is 2.60 bits per heavy atom. The van der Waals surface area contributed by atoms with Crippen LogP contribution in [0.2, 0.25) is 0 Å². The first-order valence-corrected chi connectivity index (χ1v) is 5.26. The summed E-state index contributed by atoms with van der Waals surface area (Å²) in [4.78, 5) is 0. The number of aliphatic hydroxyl groups excluding tert-OH is 1. The van der Waals surface area contributed by atoms with Crippen molar-refractivity contribution in [2.24, 2.45) is 0 Å². The van der Waals surface area contributed by atoms with Crippen molar-refractivity contribution in [1.82, 2.24) is 0 Å². The van der Waals surface area contributed by atoms with E-state index < -0.39 is 0 Å². The molecule has 0 radical (unpaired) electrons. The number of aliphatic hydroxyl groups is 1. The van der Waals surface area contributed by atoms with Crippen LogP contribution in [0.25, 0.3) is 11.0 Å². The van der Waals surface area contributed by atoms with Crippen molar-refractivity contribution in [1.29, 1.82) is 0 Å². The Bertz CT molecular complexity index is 468. The molecular weight excluding hydrogens is 188 g/mol. The van der Waals surface area contributed by atoms with E-state index in [2.05, 4.69) is 13.0 Å². The SMILES string of the molecule is Cc1ccc2oc(C(C)C(C)O)cc2c1. The highest BCUT2D eigenvalue weighted by atomic mass is 16.3. The van der Waals surface area contributed by atoms with Gasteiger partial charge in [-0.25, -0.2) is 0 Å². The standard InChI is InChI=1S/C13H16O2/c1-8-4-5-12-11(6-8)7-13(15-12)9(2)10(3)14/h4-7,9-10,14H,1-3H3. The third kappa shape index (κ3) is 1.90. The summed E-state index contributed by atoms with van der Waals surface area (Å²) in [6, 6.07) is 8.11. The quantitative estimate of drug-likeness (QED) is 0.814. The van der Waals surface area contributed by atoms with E-state index in [-0.39, 0.29) is 12.0 Å². The Morgan fingerprint density at radius 1 is 1.20 bits per heavy atom. The van der Waals surface area contributed by atoms with Crippen LogP contribution < -0.4 is 0 Å². The largest absolute Gasteiger partial charge is 0.461 e. The second-order valence-corrected chi connectivity index (χ2v) is 4.22. The van der Waals surface area contributed by atoms with Gasteiger partial charge in [0.1, 0.15) is 11.3 Å². The minimum Gasteiger partial charge on any atom is -0.461 e. The fraction of sp³-hybridized carbons (Fsp3) is 0.385. The fourth-order valence-electron chi connectivity index (χ4n) is 1.65. The van der Waals surface area contributed by atoms with Crippen LogP contribution in [0.1, 0.15) is 31.1 Å². The van der Waals surface area contributed by atoms with Crippen LogP contribution in [0.5, 0.6) is 0 Å². The monoisotopic (exact) mass is 204 g/mol. The molecule has 0 bridgehead atoms. The molecule has 0 fully saturated rings. The lowest BCUT2D eigenvalue weighted by Gasteiger charge is -2.10. The number of hydrogen-bond donors (Lipinski definition) is 1. The molecule has 2 atom stereocenters. The van der Waals surface area contributed by atoms with E-state index in [0.717, 1.165) is 16.7 Å². The van der Waals surface area contributed by atoms with Crippen molar-refractivity contribution in [2.45, 2.75) is 32.8 Å². The lowest BCUT2D eigenvalue weighted by atomic mass is 10.0. The van der Waals surface area contributed by atoms with Gasteiger partial charge in [-0.15, -0.1) is 0 Å². The van der Waals surface area contributed by atoms with Crippen LogP contribution in [-0.2, 0) is 0 Å². The molecular formula is C13H16O2. The van der Waals surface area contributed by atoms with E-state index in [0.29, 0.717) is 0 Å². The average molecular weight is 204 g/mol. The highest BCUT2D eigenvalue weighted by Gasteiger charge is 2.16. The molecule has 1 N–H and O–H groups in total. The van der Waals surface area contributed by atoms with E-state index in [1.165, 1.54) is 5.56 Å². The molecule has 2 unspecified atom stereocenters. The summed E-state index contributed by atoms with van der Waals surface area (Å²) >= 11 is 0. The number of rotatable bonds is 2. The zero-order valence-electron chi connectivity index (χ0n) is 9.32. The van der Waals surface area contributed by atoms with Crippen LogP contribution >= 0.6 is 0 Å². The molecule has 2 aromatic rings. The van der Waals surface area contributed by atoms with Crippen LogP contribution in [0, 0.1) is 6.92 Å². The predicted octanol–water partition coefficient (Wildman–Crippen LogP) is 3.23. The van der Waals surface area contributed by atoms with Gasteiger partial charge in [0.2, 0.25) is 0 Å². The number of fused-ring (bicyclic) bond motifs is 1. The molecule has 2 nitrogen and oxygen atoms in total. The zero-order chi connectivity index (χ0) is 11.0. The highest BCUT2D eigenvalue weighted by molar-refractivity contribution is 5.78. The molecule has 0 spiro atoms. The zero-order valence-corrected chi connectivity index (χ0v) is 9.32. The Hall–Kier alpha value is -1.28. The molecule has 80 valence electrons. The first kappa shape index (κ1) is 10.2. The van der Waals surface area contributed by atoms with Gasteiger partial charge in [-0.2, -0.15) is 0 Å². The molecule has 1 heterocycles. The Kier molecular flexibility index (Phi) is 2.53. The Morgan fingerprint density at radius 2 is 1.93 bits per heavy atom. The van der Waals surface area contributed by atoms with E-state index in [1.54, 1.807) is 6.92 Å². The highest BCUT2D eigenvalue weighted by Crippen LogP contribution is 2.27. The average Bonchev–Trinajstić information content (AvgIpc) is 2.58. The molecule has 0 amide bonds. The van der Waals surface area contributed by atoms with Gasteiger partial charge in [-0.3, -0.25) is 0 Å². The number of aryl methyl sites for hydroxylation is 1. The minimum atomic E-state index is -0.383. The fourth-order valence-corrected chi connectivity index (χ4v) is 1.65. The van der Waals surface area contributed by atoms with Gasteiger partial charge in [-0.05, 0) is 32.0 Å². The molecule has 1 aromatic heterocycles. The van der Waals surface area contributed by atoms with Crippen molar-refractivity contribution in [3.05, 3.63) is 35.6 Å². The summed E-state index contributed by atoms with van der Waals surface area (Å²) in [6.07, 6.45) is -0.383. The summed E-state index contributed by atoms with van der Waals surface area (Å²) in [5.41, 5.74) is 2.11. The van der Waals surface area contributed by atoms with E-state index in [1.807, 2.05) is 25.1 Å². The third-order valence-electron chi connectivity index (χ3n) is 2.86. The Balaban J connectivity index is 2.47. The summed E-state index contributed by atoms with van der Waals surface area (Å²) < 4.78 is 5.69. The van der Waals surface area contributed by atoms with Crippen molar-refractivity contribution >= 4 is 11.0 Å². The lowest BCUT2D eigenvalue weighted by molar-refractivity contribution is 0.159. The molecule has 0 aliphatic rings. The summed E-state index contributed by atoms with van der Waals surface area (Å²) in [5, 5.41) is 10.6. The van der Waals surface area contributed by atoms with Gasteiger partial charge in [0.05, 0.1) is 6.10 Å². The number of furan rings is 1. The molecule has 0 aliphatic carbocycles. The smallest absolute Gasteiger partial charge is 0.134 e. The lowest BCUT2D eigenvalue weighted by Crippen LogP contribution is -2.09. The molecule has 15 heavy (non-hydrogen) atoms. The topological polar surface area (TPSA) is 33.4 Å². The second kappa shape index (κ2) is 3.70. The van der Waals surface area contributed by atoms with E-state index in [9.17, 15) is 5.11 Å². The van der Waals surface area contributed by atoms with Crippen LogP contribution in [0.3, 0.4) is 0 Å². The number of benzene rings is 1. The van der Waals surface area contributed by atoms with Gasteiger partial charge in [0.25, 0.3) is 0 Å². The van der Waals surface area contributed by atoms with Crippen molar-refractivity contribution < 1.29 is 9.52 Å². The van der Waals surface area contributed by atoms with Crippen LogP contribution in [-0.4, -0.2) is 11.2 Å². The van der Waals surface area contributed by atoms with E-state index >= 15 is 0 Å². The first-order valence-electron chi connectivity index (χ1n) is 5.26. The first-order chi connectivity index (χ1) is 7.08. The molecule has 0 aliphatic heterocycles.